The van der Waals surface area contributed by atoms with Gasteiger partial charge < -0.3 is 9.84 Å². The lowest BCUT2D eigenvalue weighted by Crippen LogP contribution is -1.99. The zero-order valence-corrected chi connectivity index (χ0v) is 10.1. The molecule has 0 aromatic heterocycles. The van der Waals surface area contributed by atoms with Crippen LogP contribution in [0.3, 0.4) is 0 Å². The SMILES string of the molecule is COCc1ccc(-c2ccccc2C(=O)O)cc1. The normalized spacial score (nSPS) is 10.3. The van der Waals surface area contributed by atoms with Crippen LogP contribution in [0, 0.1) is 0 Å². The third-order valence-electron chi connectivity index (χ3n) is 2.73. The highest BCUT2D eigenvalue weighted by Crippen LogP contribution is 2.24. The Labute approximate surface area is 106 Å². The van der Waals surface area contributed by atoms with Crippen molar-refractivity contribution in [2.45, 2.75) is 6.61 Å². The summed E-state index contributed by atoms with van der Waals surface area (Å²) in [6, 6.07) is 14.7. The highest BCUT2D eigenvalue weighted by molar-refractivity contribution is 5.95. The van der Waals surface area contributed by atoms with Crippen LogP contribution in [-0.4, -0.2) is 18.2 Å². The quantitative estimate of drug-likeness (QED) is 0.895. The van der Waals surface area contributed by atoms with Crippen molar-refractivity contribution in [3.05, 3.63) is 59.7 Å². The third-order valence-corrected chi connectivity index (χ3v) is 2.73. The molecule has 0 saturated heterocycles. The van der Waals surface area contributed by atoms with Gasteiger partial charge >= 0.3 is 5.97 Å². The van der Waals surface area contributed by atoms with Gasteiger partial charge in [-0.25, -0.2) is 4.79 Å². The van der Waals surface area contributed by atoms with E-state index >= 15 is 0 Å². The van der Waals surface area contributed by atoms with Gasteiger partial charge in [-0.15, -0.1) is 0 Å². The summed E-state index contributed by atoms with van der Waals surface area (Å²) in [6.45, 7) is 0.556. The van der Waals surface area contributed by atoms with E-state index < -0.39 is 5.97 Å². The third kappa shape index (κ3) is 2.57. The van der Waals surface area contributed by atoms with Crippen LogP contribution < -0.4 is 0 Å². The Kier molecular flexibility index (Phi) is 3.75. The predicted octanol–water partition coefficient (Wildman–Crippen LogP) is 3.20. The van der Waals surface area contributed by atoms with Gasteiger partial charge in [-0.2, -0.15) is 0 Å². The van der Waals surface area contributed by atoms with Crippen molar-refractivity contribution in [2.24, 2.45) is 0 Å². The number of ether oxygens (including phenoxy) is 1. The van der Waals surface area contributed by atoms with Gasteiger partial charge in [0.15, 0.2) is 0 Å². The predicted molar refractivity (Wildman–Crippen MR) is 69.6 cm³/mol. The summed E-state index contributed by atoms with van der Waals surface area (Å²) in [7, 11) is 1.65. The number of hydrogen-bond acceptors (Lipinski definition) is 2. The molecule has 0 aliphatic heterocycles. The first-order valence-electron chi connectivity index (χ1n) is 5.63. The molecule has 0 radical (unpaired) electrons. The highest BCUT2D eigenvalue weighted by Gasteiger charge is 2.10. The fraction of sp³-hybridized carbons (Fsp3) is 0.133. The van der Waals surface area contributed by atoms with E-state index in [-0.39, 0.29) is 0 Å². The molecule has 0 unspecified atom stereocenters. The molecule has 92 valence electrons. The van der Waals surface area contributed by atoms with Gasteiger partial charge in [0, 0.05) is 7.11 Å². The second-order valence-corrected chi connectivity index (χ2v) is 3.98. The van der Waals surface area contributed by atoms with Gasteiger partial charge in [0.2, 0.25) is 0 Å². The number of aromatic carboxylic acids is 1. The summed E-state index contributed by atoms with van der Waals surface area (Å²) in [6.07, 6.45) is 0. The van der Waals surface area contributed by atoms with Crippen molar-refractivity contribution >= 4 is 5.97 Å². The van der Waals surface area contributed by atoms with Crippen LogP contribution in [0.25, 0.3) is 11.1 Å². The van der Waals surface area contributed by atoms with E-state index in [1.807, 2.05) is 36.4 Å². The Balaban J connectivity index is 2.39. The van der Waals surface area contributed by atoms with Crippen molar-refractivity contribution in [1.29, 1.82) is 0 Å². The standard InChI is InChI=1S/C15H14O3/c1-18-10-11-6-8-12(9-7-11)13-4-2-3-5-14(13)15(16)17/h2-9H,10H2,1H3,(H,16,17). The Morgan fingerprint density at radius 1 is 1.11 bits per heavy atom. The lowest BCUT2D eigenvalue weighted by molar-refractivity contribution is 0.0697. The summed E-state index contributed by atoms with van der Waals surface area (Å²) in [4.78, 5) is 11.1. The number of carboxylic acid groups (broad SMARTS) is 1. The van der Waals surface area contributed by atoms with E-state index in [0.29, 0.717) is 12.2 Å². The highest BCUT2D eigenvalue weighted by atomic mass is 16.5. The lowest BCUT2D eigenvalue weighted by atomic mass is 9.99. The maximum atomic E-state index is 11.1. The number of benzene rings is 2. The van der Waals surface area contributed by atoms with Crippen LogP contribution in [0.15, 0.2) is 48.5 Å². The minimum absolute atomic E-state index is 0.317. The fourth-order valence-electron chi connectivity index (χ4n) is 1.87. The van der Waals surface area contributed by atoms with Gasteiger partial charge in [0.25, 0.3) is 0 Å². The zero-order valence-electron chi connectivity index (χ0n) is 10.1. The molecule has 0 amide bonds. The topological polar surface area (TPSA) is 46.5 Å². The lowest BCUT2D eigenvalue weighted by Gasteiger charge is -2.07. The summed E-state index contributed by atoms with van der Waals surface area (Å²) in [5, 5.41) is 9.15. The number of hydrogen-bond donors (Lipinski definition) is 1. The molecule has 3 nitrogen and oxygen atoms in total. The molecular weight excluding hydrogens is 228 g/mol. The van der Waals surface area contributed by atoms with Crippen LogP contribution in [0.5, 0.6) is 0 Å². The van der Waals surface area contributed by atoms with Gasteiger partial charge in [-0.05, 0) is 22.8 Å². The van der Waals surface area contributed by atoms with E-state index in [1.165, 1.54) is 0 Å². The Morgan fingerprint density at radius 2 is 1.78 bits per heavy atom. The molecule has 0 saturated carbocycles. The van der Waals surface area contributed by atoms with Crippen LogP contribution in [0.4, 0.5) is 0 Å². The fourth-order valence-corrected chi connectivity index (χ4v) is 1.87. The second-order valence-electron chi connectivity index (χ2n) is 3.98. The maximum absolute atomic E-state index is 11.1. The molecule has 0 fully saturated rings. The second kappa shape index (κ2) is 5.47. The number of carboxylic acids is 1. The molecule has 0 aliphatic rings. The van der Waals surface area contributed by atoms with Crippen molar-refractivity contribution < 1.29 is 14.6 Å². The summed E-state index contributed by atoms with van der Waals surface area (Å²) in [5.41, 5.74) is 3.01. The first-order valence-corrected chi connectivity index (χ1v) is 5.63. The smallest absolute Gasteiger partial charge is 0.336 e. The maximum Gasteiger partial charge on any atom is 0.336 e. The summed E-state index contributed by atoms with van der Waals surface area (Å²) < 4.78 is 5.04. The first kappa shape index (κ1) is 12.3. The molecule has 2 aromatic rings. The number of methoxy groups -OCH3 is 1. The molecule has 1 N–H and O–H groups in total. The molecular formula is C15H14O3. The summed E-state index contributed by atoms with van der Waals surface area (Å²) in [5.74, 6) is -0.911. The van der Waals surface area contributed by atoms with Gasteiger partial charge in [-0.1, -0.05) is 42.5 Å². The van der Waals surface area contributed by atoms with Gasteiger partial charge in [-0.3, -0.25) is 0 Å². The Bertz CT molecular complexity index is 544. The molecule has 0 spiro atoms. The minimum atomic E-state index is -0.911. The molecule has 0 atom stereocenters. The summed E-state index contributed by atoms with van der Waals surface area (Å²) >= 11 is 0. The zero-order chi connectivity index (χ0) is 13.0. The molecule has 2 rings (SSSR count). The van der Waals surface area contributed by atoms with E-state index in [2.05, 4.69) is 0 Å². The Hall–Kier alpha value is -2.13. The average molecular weight is 242 g/mol. The van der Waals surface area contributed by atoms with Crippen LogP contribution >= 0.6 is 0 Å². The molecule has 2 aromatic carbocycles. The van der Waals surface area contributed by atoms with Gasteiger partial charge in [0.1, 0.15) is 0 Å². The molecule has 0 aliphatic carbocycles. The van der Waals surface area contributed by atoms with E-state index in [9.17, 15) is 4.79 Å². The van der Waals surface area contributed by atoms with Crippen molar-refractivity contribution in [2.75, 3.05) is 7.11 Å². The number of rotatable bonds is 4. The van der Waals surface area contributed by atoms with E-state index in [1.54, 1.807) is 19.2 Å². The number of carbonyl (C=O) groups is 1. The van der Waals surface area contributed by atoms with Crippen molar-refractivity contribution in [3.63, 3.8) is 0 Å². The van der Waals surface area contributed by atoms with E-state index in [0.717, 1.165) is 16.7 Å². The molecule has 0 heterocycles. The average Bonchev–Trinajstić information content (AvgIpc) is 2.40. The molecule has 18 heavy (non-hydrogen) atoms. The van der Waals surface area contributed by atoms with Crippen LogP contribution in [0.1, 0.15) is 15.9 Å². The van der Waals surface area contributed by atoms with Crippen LogP contribution in [-0.2, 0) is 11.3 Å². The van der Waals surface area contributed by atoms with E-state index in [4.69, 9.17) is 9.84 Å². The first-order chi connectivity index (χ1) is 8.72. The molecule has 3 heteroatoms. The largest absolute Gasteiger partial charge is 0.478 e. The monoisotopic (exact) mass is 242 g/mol. The molecule has 0 bridgehead atoms. The van der Waals surface area contributed by atoms with Crippen LogP contribution in [0.2, 0.25) is 0 Å². The van der Waals surface area contributed by atoms with Gasteiger partial charge in [0.05, 0.1) is 12.2 Å². The minimum Gasteiger partial charge on any atom is -0.478 e. The van der Waals surface area contributed by atoms with Crippen molar-refractivity contribution in [3.8, 4) is 11.1 Å². The Morgan fingerprint density at radius 3 is 2.39 bits per heavy atom. The van der Waals surface area contributed by atoms with Crippen molar-refractivity contribution in [1.82, 2.24) is 0 Å².